The molecule has 0 spiro atoms. The molecule has 0 aliphatic rings. The maximum Gasteiger partial charge on any atom is 0.303 e. The highest BCUT2D eigenvalue weighted by molar-refractivity contribution is 5.67. The van der Waals surface area contributed by atoms with Gasteiger partial charge in [-0.2, -0.15) is 0 Å². The second-order valence-corrected chi connectivity index (χ2v) is 13.5. The molecule has 0 unspecified atom stereocenters. The number of carboxylic acids is 3. The van der Waals surface area contributed by atoms with Crippen molar-refractivity contribution in [1.82, 2.24) is 0 Å². The fraction of sp³-hybridized carbons (Fsp3) is 0.868. The molecule has 45 heavy (non-hydrogen) atoms. The number of allylic oxidation sites excluding steroid dienone is 1. The van der Waals surface area contributed by atoms with E-state index in [0.717, 1.165) is 56.3 Å². The second-order valence-electron chi connectivity index (χ2n) is 13.5. The van der Waals surface area contributed by atoms with Crippen LogP contribution in [0.15, 0.2) is 12.2 Å². The van der Waals surface area contributed by atoms with E-state index in [1.807, 2.05) is 0 Å². The van der Waals surface area contributed by atoms with Gasteiger partial charge in [0.05, 0.1) is 26.2 Å². The maximum atomic E-state index is 11.0. The summed E-state index contributed by atoms with van der Waals surface area (Å²) in [5.74, 6) is -2.33. The van der Waals surface area contributed by atoms with Crippen molar-refractivity contribution >= 4 is 17.9 Å². The first-order valence-corrected chi connectivity index (χ1v) is 19.0. The van der Waals surface area contributed by atoms with E-state index in [1.165, 1.54) is 116 Å². The number of hydrogen-bond acceptors (Lipinski definition) is 3. The number of unbranched alkanes of at least 4 members (excludes halogenated alkanes) is 21. The monoisotopic (exact) mass is 639 g/mol. The predicted molar refractivity (Wildman–Crippen MR) is 187 cm³/mol. The van der Waals surface area contributed by atoms with Crippen LogP contribution in [-0.2, 0) is 14.4 Å². The van der Waals surface area contributed by atoms with Gasteiger partial charge < -0.3 is 19.8 Å². The molecule has 3 N–H and O–H groups in total. The van der Waals surface area contributed by atoms with E-state index < -0.39 is 17.9 Å². The first-order valence-electron chi connectivity index (χ1n) is 19.0. The molecule has 0 aliphatic heterocycles. The normalized spacial score (nSPS) is 11.8. The van der Waals surface area contributed by atoms with Gasteiger partial charge in [0, 0.05) is 19.3 Å². The second kappa shape index (κ2) is 32.1. The molecule has 7 heteroatoms. The van der Waals surface area contributed by atoms with Crippen molar-refractivity contribution in [3.05, 3.63) is 12.2 Å². The minimum atomic E-state index is -0.778. The van der Waals surface area contributed by atoms with Gasteiger partial charge in [0.15, 0.2) is 0 Å². The van der Waals surface area contributed by atoms with Crippen LogP contribution in [0.3, 0.4) is 0 Å². The average Bonchev–Trinajstić information content (AvgIpc) is 3.00. The summed E-state index contributed by atoms with van der Waals surface area (Å²) in [6.07, 6.45) is 35.2. The minimum absolute atomic E-state index is 0.160. The quantitative estimate of drug-likeness (QED) is 0.0358. The molecule has 264 valence electrons. The topological polar surface area (TPSA) is 112 Å². The van der Waals surface area contributed by atoms with Crippen LogP contribution in [0, 0.1) is 0 Å². The molecular weight excluding hydrogens is 566 g/mol. The van der Waals surface area contributed by atoms with Crippen LogP contribution in [0.25, 0.3) is 0 Å². The molecule has 0 fully saturated rings. The van der Waals surface area contributed by atoms with Gasteiger partial charge >= 0.3 is 17.9 Å². The Bertz CT molecular complexity index is 683. The van der Waals surface area contributed by atoms with E-state index in [4.69, 9.17) is 15.3 Å². The lowest BCUT2D eigenvalue weighted by molar-refractivity contribution is -0.923. The van der Waals surface area contributed by atoms with Gasteiger partial charge in [-0.15, -0.1) is 0 Å². The van der Waals surface area contributed by atoms with Crippen molar-refractivity contribution in [2.75, 3.05) is 26.2 Å². The third-order valence-corrected chi connectivity index (χ3v) is 9.20. The van der Waals surface area contributed by atoms with Crippen molar-refractivity contribution in [3.8, 4) is 0 Å². The average molecular weight is 639 g/mol. The van der Waals surface area contributed by atoms with Crippen LogP contribution in [-0.4, -0.2) is 63.9 Å². The number of carbonyl (C=O) groups is 3. The predicted octanol–water partition coefficient (Wildman–Crippen LogP) is 10.6. The van der Waals surface area contributed by atoms with Gasteiger partial charge in [0.2, 0.25) is 0 Å². The van der Waals surface area contributed by atoms with Gasteiger partial charge in [-0.3, -0.25) is 14.4 Å². The SMILES string of the molecule is CCCCCCCCCCCCCCCCCCCC/C=C/C[N+](CCCCC(=O)O)(CCCCC(=O)O)CCCCC(=O)O. The summed E-state index contributed by atoms with van der Waals surface area (Å²) in [5, 5.41) is 27.2. The highest BCUT2D eigenvalue weighted by Crippen LogP contribution is 2.18. The van der Waals surface area contributed by atoms with Crippen LogP contribution in [0.5, 0.6) is 0 Å². The zero-order valence-corrected chi connectivity index (χ0v) is 29.3. The Morgan fingerprint density at radius 1 is 0.422 bits per heavy atom. The number of carboxylic acid groups (broad SMARTS) is 3. The molecule has 0 radical (unpaired) electrons. The van der Waals surface area contributed by atoms with Crippen LogP contribution >= 0.6 is 0 Å². The summed E-state index contributed by atoms with van der Waals surface area (Å²) in [4.78, 5) is 33.1. The van der Waals surface area contributed by atoms with Crippen LogP contribution in [0.4, 0.5) is 0 Å². The Kier molecular flexibility index (Phi) is 30.7. The Labute approximate surface area is 276 Å². The lowest BCUT2D eigenvalue weighted by Gasteiger charge is -2.38. The van der Waals surface area contributed by atoms with Crippen molar-refractivity contribution in [3.63, 3.8) is 0 Å². The molecular formula is C38H72NO6+. The van der Waals surface area contributed by atoms with Crippen molar-refractivity contribution in [2.45, 2.75) is 187 Å². The van der Waals surface area contributed by atoms with Gasteiger partial charge in [0.1, 0.15) is 0 Å². The molecule has 0 rings (SSSR count). The molecule has 0 atom stereocenters. The van der Waals surface area contributed by atoms with E-state index in [0.29, 0.717) is 19.3 Å². The minimum Gasteiger partial charge on any atom is -0.481 e. The number of hydrogen-bond donors (Lipinski definition) is 3. The Morgan fingerprint density at radius 2 is 0.733 bits per heavy atom. The van der Waals surface area contributed by atoms with Crippen molar-refractivity contribution in [1.29, 1.82) is 0 Å². The molecule has 0 aromatic rings. The summed E-state index contributed by atoms with van der Waals surface area (Å²) in [5.41, 5.74) is 0. The molecule has 7 nitrogen and oxygen atoms in total. The standard InChI is InChI=1S/C38H71NO6/c1-2-3-4-5-6-7-8-9-10-11-12-13-14-15-16-17-18-19-20-21-25-32-39(33-26-22-29-36(40)41,34-27-23-30-37(42)43)35-28-24-31-38(44)45/h21,25H,2-20,22-24,26-35H2,1H3,(H2-,40,41,42,43,44,45)/p+1/b25-21+. The molecule has 0 aliphatic carbocycles. The van der Waals surface area contributed by atoms with Crippen LogP contribution in [0.2, 0.25) is 0 Å². The summed E-state index contributed by atoms with van der Waals surface area (Å²) >= 11 is 0. The Balaban J connectivity index is 4.25. The number of rotatable bonds is 36. The first-order chi connectivity index (χ1) is 21.8. The largest absolute Gasteiger partial charge is 0.481 e. The molecule has 0 aromatic carbocycles. The third kappa shape index (κ3) is 31.9. The zero-order valence-electron chi connectivity index (χ0n) is 29.3. The Morgan fingerprint density at radius 3 is 1.04 bits per heavy atom. The summed E-state index contributed by atoms with van der Waals surface area (Å²) in [7, 11) is 0. The van der Waals surface area contributed by atoms with E-state index in [9.17, 15) is 14.4 Å². The first kappa shape index (κ1) is 43.1. The third-order valence-electron chi connectivity index (χ3n) is 9.20. The summed E-state index contributed by atoms with van der Waals surface area (Å²) in [6, 6.07) is 0. The van der Waals surface area contributed by atoms with E-state index in [1.54, 1.807) is 0 Å². The molecule has 0 saturated heterocycles. The smallest absolute Gasteiger partial charge is 0.303 e. The van der Waals surface area contributed by atoms with E-state index in [-0.39, 0.29) is 19.3 Å². The summed E-state index contributed by atoms with van der Waals surface area (Å²) < 4.78 is 0.786. The van der Waals surface area contributed by atoms with Crippen molar-refractivity contribution < 1.29 is 34.2 Å². The van der Waals surface area contributed by atoms with Crippen LogP contribution in [0.1, 0.15) is 187 Å². The fourth-order valence-electron chi connectivity index (χ4n) is 6.36. The molecule has 0 aromatic heterocycles. The van der Waals surface area contributed by atoms with Gasteiger partial charge in [-0.05, 0) is 57.4 Å². The lowest BCUT2D eigenvalue weighted by atomic mass is 10.0. The maximum absolute atomic E-state index is 11.0. The summed E-state index contributed by atoms with van der Waals surface area (Å²) in [6.45, 7) is 5.65. The van der Waals surface area contributed by atoms with Crippen LogP contribution < -0.4 is 0 Å². The molecule has 0 bridgehead atoms. The van der Waals surface area contributed by atoms with Gasteiger partial charge in [-0.1, -0.05) is 122 Å². The Hall–Kier alpha value is -1.89. The van der Waals surface area contributed by atoms with Gasteiger partial charge in [0.25, 0.3) is 0 Å². The lowest BCUT2D eigenvalue weighted by Crippen LogP contribution is -2.50. The molecule has 0 heterocycles. The highest BCUT2D eigenvalue weighted by atomic mass is 16.4. The fourth-order valence-corrected chi connectivity index (χ4v) is 6.36. The molecule has 0 saturated carbocycles. The number of aliphatic carboxylic acids is 3. The van der Waals surface area contributed by atoms with Crippen molar-refractivity contribution in [2.24, 2.45) is 0 Å². The number of quaternary nitrogens is 1. The highest BCUT2D eigenvalue weighted by Gasteiger charge is 2.25. The number of nitrogens with zero attached hydrogens (tertiary/aromatic N) is 1. The zero-order chi connectivity index (χ0) is 33.3. The van der Waals surface area contributed by atoms with E-state index in [2.05, 4.69) is 19.1 Å². The van der Waals surface area contributed by atoms with Gasteiger partial charge in [-0.25, -0.2) is 0 Å². The molecule has 0 amide bonds. The van der Waals surface area contributed by atoms with E-state index >= 15 is 0 Å².